The minimum atomic E-state index is -4.17. The number of nitrogens with two attached hydrogens (primary N) is 1. The van der Waals surface area contributed by atoms with Crippen LogP contribution in [0.25, 0.3) is 0 Å². The quantitative estimate of drug-likeness (QED) is 0.719. The van der Waals surface area contributed by atoms with Gasteiger partial charge in [0.2, 0.25) is 10.0 Å². The van der Waals surface area contributed by atoms with Gasteiger partial charge in [-0.25, -0.2) is 17.5 Å². The van der Waals surface area contributed by atoms with Crippen LogP contribution in [0.2, 0.25) is 5.02 Å². The van der Waals surface area contributed by atoms with Gasteiger partial charge in [-0.05, 0) is 25.5 Å². The Morgan fingerprint density at radius 2 is 2.11 bits per heavy atom. The molecule has 1 unspecified atom stereocenters. The van der Waals surface area contributed by atoms with Crippen LogP contribution in [0.15, 0.2) is 17.0 Å². The molecule has 0 amide bonds. The fourth-order valence-electron chi connectivity index (χ4n) is 1.37. The standard InChI is InChI=1S/C11H16ClFN2O3S/c1-3-11(2,6-16)15-19(17,18)9-5-7(14)4-8(12)10(9)13/h4-5,15-16H,3,6,14H2,1-2H3. The summed E-state index contributed by atoms with van der Waals surface area (Å²) in [6.07, 6.45) is 0.334. The Morgan fingerprint density at radius 1 is 1.53 bits per heavy atom. The molecule has 1 atom stereocenters. The lowest BCUT2D eigenvalue weighted by atomic mass is 10.0. The van der Waals surface area contributed by atoms with Crippen molar-refractivity contribution in [1.82, 2.24) is 4.72 Å². The first kappa shape index (κ1) is 16.2. The summed E-state index contributed by atoms with van der Waals surface area (Å²) in [5, 5.41) is 8.83. The minimum absolute atomic E-state index is 0.0361. The van der Waals surface area contributed by atoms with Crippen molar-refractivity contribution in [3.8, 4) is 0 Å². The van der Waals surface area contributed by atoms with Crippen molar-refractivity contribution in [3.63, 3.8) is 0 Å². The fraction of sp³-hybridized carbons (Fsp3) is 0.455. The first-order valence-electron chi connectivity index (χ1n) is 5.54. The van der Waals surface area contributed by atoms with E-state index in [9.17, 15) is 17.9 Å². The van der Waals surface area contributed by atoms with Crippen molar-refractivity contribution < 1.29 is 17.9 Å². The van der Waals surface area contributed by atoms with Crippen LogP contribution in [0.5, 0.6) is 0 Å². The van der Waals surface area contributed by atoms with Crippen LogP contribution in [0.1, 0.15) is 20.3 Å². The molecule has 0 spiro atoms. The van der Waals surface area contributed by atoms with Crippen LogP contribution in [-0.2, 0) is 10.0 Å². The lowest BCUT2D eigenvalue weighted by Crippen LogP contribution is -2.48. The summed E-state index contributed by atoms with van der Waals surface area (Å²) in [7, 11) is -4.17. The van der Waals surface area contributed by atoms with Crippen LogP contribution < -0.4 is 10.5 Å². The van der Waals surface area contributed by atoms with Gasteiger partial charge in [0.15, 0.2) is 5.82 Å². The summed E-state index contributed by atoms with van der Waals surface area (Å²) >= 11 is 5.57. The molecule has 8 heteroatoms. The van der Waals surface area contributed by atoms with Crippen molar-refractivity contribution >= 4 is 27.3 Å². The third kappa shape index (κ3) is 3.56. The summed E-state index contributed by atoms with van der Waals surface area (Å²) in [5.74, 6) is -1.07. The second kappa shape index (κ2) is 5.62. The molecule has 0 radical (unpaired) electrons. The van der Waals surface area contributed by atoms with Crippen molar-refractivity contribution in [2.75, 3.05) is 12.3 Å². The number of aliphatic hydroxyl groups is 1. The molecular weight excluding hydrogens is 295 g/mol. The highest BCUT2D eigenvalue weighted by molar-refractivity contribution is 7.89. The maximum atomic E-state index is 13.8. The average Bonchev–Trinajstić information content (AvgIpc) is 2.32. The number of hydrogen-bond donors (Lipinski definition) is 3. The Kier molecular flexibility index (Phi) is 4.78. The Hall–Kier alpha value is -0.890. The molecule has 0 bridgehead atoms. The second-order valence-electron chi connectivity index (χ2n) is 4.49. The Balaban J connectivity index is 3.29. The fourth-order valence-corrected chi connectivity index (χ4v) is 3.26. The Morgan fingerprint density at radius 3 is 2.58 bits per heavy atom. The monoisotopic (exact) mass is 310 g/mol. The normalized spacial score (nSPS) is 15.2. The van der Waals surface area contributed by atoms with Gasteiger partial charge in [-0.2, -0.15) is 0 Å². The molecule has 0 aliphatic heterocycles. The maximum absolute atomic E-state index is 13.8. The number of sulfonamides is 1. The zero-order valence-corrected chi connectivity index (χ0v) is 12.1. The number of nitrogens with one attached hydrogen (secondary N) is 1. The van der Waals surface area contributed by atoms with E-state index in [1.165, 1.54) is 6.92 Å². The second-order valence-corrected chi connectivity index (χ2v) is 6.55. The summed E-state index contributed by atoms with van der Waals surface area (Å²) in [6.45, 7) is 2.79. The van der Waals surface area contributed by atoms with Crippen LogP contribution in [0.4, 0.5) is 10.1 Å². The van der Waals surface area contributed by atoms with Gasteiger partial charge in [0.05, 0.1) is 17.2 Å². The van der Waals surface area contributed by atoms with Crippen molar-refractivity contribution in [2.45, 2.75) is 30.7 Å². The van der Waals surface area contributed by atoms with Gasteiger partial charge >= 0.3 is 0 Å². The van der Waals surface area contributed by atoms with E-state index >= 15 is 0 Å². The molecule has 0 aromatic heterocycles. The number of hydrogen-bond acceptors (Lipinski definition) is 4. The number of halogens is 2. The molecule has 108 valence electrons. The van der Waals surface area contributed by atoms with Gasteiger partial charge in [0.1, 0.15) is 4.90 Å². The molecular formula is C11H16ClFN2O3S. The predicted molar refractivity (Wildman–Crippen MR) is 71.9 cm³/mol. The third-order valence-electron chi connectivity index (χ3n) is 2.82. The molecule has 0 saturated heterocycles. The largest absolute Gasteiger partial charge is 0.399 e. The van der Waals surface area contributed by atoms with Crippen LogP contribution in [0, 0.1) is 5.82 Å². The molecule has 0 aliphatic carbocycles. The van der Waals surface area contributed by atoms with E-state index in [1.807, 2.05) is 0 Å². The number of anilines is 1. The lowest BCUT2D eigenvalue weighted by molar-refractivity contribution is 0.191. The lowest BCUT2D eigenvalue weighted by Gasteiger charge is -2.27. The zero-order chi connectivity index (χ0) is 14.8. The Bertz CT molecular complexity index is 574. The molecule has 0 saturated carbocycles. The van der Waals surface area contributed by atoms with Crippen molar-refractivity contribution in [3.05, 3.63) is 23.0 Å². The molecule has 0 heterocycles. The van der Waals surface area contributed by atoms with Gasteiger partial charge in [-0.3, -0.25) is 0 Å². The molecule has 19 heavy (non-hydrogen) atoms. The summed E-state index contributed by atoms with van der Waals surface area (Å²) in [4.78, 5) is -0.634. The zero-order valence-electron chi connectivity index (χ0n) is 10.6. The highest BCUT2D eigenvalue weighted by atomic mass is 35.5. The first-order chi connectivity index (χ1) is 8.65. The van der Waals surface area contributed by atoms with Gasteiger partial charge < -0.3 is 10.8 Å². The van der Waals surface area contributed by atoms with E-state index in [4.69, 9.17) is 17.3 Å². The first-order valence-corrected chi connectivity index (χ1v) is 7.40. The van der Waals surface area contributed by atoms with E-state index in [2.05, 4.69) is 4.72 Å². The Labute approximate surface area is 116 Å². The smallest absolute Gasteiger partial charge is 0.244 e. The van der Waals surface area contributed by atoms with Crippen molar-refractivity contribution in [1.29, 1.82) is 0 Å². The molecule has 0 fully saturated rings. The number of nitrogen functional groups attached to an aromatic ring is 1. The van der Waals surface area contributed by atoms with Gasteiger partial charge in [-0.1, -0.05) is 18.5 Å². The maximum Gasteiger partial charge on any atom is 0.244 e. The summed E-state index contributed by atoms with van der Waals surface area (Å²) < 4.78 is 40.3. The molecule has 1 aromatic carbocycles. The summed E-state index contributed by atoms with van der Waals surface area (Å²) in [6, 6.07) is 2.11. The minimum Gasteiger partial charge on any atom is -0.399 e. The van der Waals surface area contributed by atoms with Crippen LogP contribution in [0.3, 0.4) is 0 Å². The van der Waals surface area contributed by atoms with Gasteiger partial charge in [0.25, 0.3) is 0 Å². The van der Waals surface area contributed by atoms with E-state index in [0.29, 0.717) is 6.42 Å². The molecule has 1 aromatic rings. The van der Waals surface area contributed by atoms with Gasteiger partial charge in [-0.15, -0.1) is 0 Å². The van der Waals surface area contributed by atoms with Crippen molar-refractivity contribution in [2.24, 2.45) is 0 Å². The highest BCUT2D eigenvalue weighted by Gasteiger charge is 2.31. The topological polar surface area (TPSA) is 92.4 Å². The van der Waals surface area contributed by atoms with E-state index in [0.717, 1.165) is 12.1 Å². The molecule has 1 rings (SSSR count). The van der Waals surface area contributed by atoms with Gasteiger partial charge in [0, 0.05) is 5.69 Å². The molecule has 0 aliphatic rings. The molecule has 5 nitrogen and oxygen atoms in total. The van der Waals surface area contributed by atoms with E-state index in [-0.39, 0.29) is 10.7 Å². The summed E-state index contributed by atoms with van der Waals surface area (Å²) in [5.41, 5.74) is 4.42. The molecule has 4 N–H and O–H groups in total. The number of benzene rings is 1. The average molecular weight is 311 g/mol. The van der Waals surface area contributed by atoms with Crippen LogP contribution >= 0.6 is 11.6 Å². The SMILES string of the molecule is CCC(C)(CO)NS(=O)(=O)c1cc(N)cc(Cl)c1F. The van der Waals surface area contributed by atoms with E-state index < -0.39 is 32.9 Å². The number of rotatable bonds is 5. The highest BCUT2D eigenvalue weighted by Crippen LogP contribution is 2.26. The predicted octanol–water partition coefficient (Wildman–Crippen LogP) is 1.50. The van der Waals surface area contributed by atoms with Crippen LogP contribution in [-0.4, -0.2) is 25.7 Å². The third-order valence-corrected chi connectivity index (χ3v) is 4.73. The number of aliphatic hydroxyl groups excluding tert-OH is 1. The van der Waals surface area contributed by atoms with E-state index in [1.54, 1.807) is 6.92 Å².